The minimum Gasteiger partial charge on any atom is -0.354 e. The molecule has 0 aliphatic carbocycles. The number of rotatable bonds is 11. The smallest absolute Gasteiger partial charge is 0.264 e. The fourth-order valence-electron chi connectivity index (χ4n) is 3.87. The van der Waals surface area contributed by atoms with Crippen molar-refractivity contribution < 1.29 is 18.0 Å². The molecule has 0 radical (unpaired) electrons. The van der Waals surface area contributed by atoms with Crippen molar-refractivity contribution in [1.82, 2.24) is 10.2 Å². The molecule has 1 atom stereocenters. The largest absolute Gasteiger partial charge is 0.354 e. The lowest BCUT2D eigenvalue weighted by atomic mass is 10.1. The van der Waals surface area contributed by atoms with E-state index in [2.05, 4.69) is 5.32 Å². The van der Waals surface area contributed by atoms with Gasteiger partial charge in [-0.2, -0.15) is 0 Å². The first-order valence-corrected chi connectivity index (χ1v) is 14.4. The van der Waals surface area contributed by atoms with Gasteiger partial charge in [0, 0.05) is 13.1 Å². The third-order valence-corrected chi connectivity index (χ3v) is 8.71. The summed E-state index contributed by atoms with van der Waals surface area (Å²) in [5, 5.41) is 2.97. The number of halogens is 2. The van der Waals surface area contributed by atoms with Gasteiger partial charge in [-0.05, 0) is 55.7 Å². The molecule has 0 saturated heterocycles. The van der Waals surface area contributed by atoms with Gasteiger partial charge in [-0.15, -0.1) is 0 Å². The highest BCUT2D eigenvalue weighted by atomic mass is 35.5. The molecule has 0 aliphatic rings. The van der Waals surface area contributed by atoms with E-state index in [1.165, 1.54) is 29.2 Å². The number of hydrogen-bond donors (Lipinski definition) is 1. The number of carbonyl (C=O) groups is 2. The predicted molar refractivity (Wildman–Crippen MR) is 152 cm³/mol. The zero-order valence-corrected chi connectivity index (χ0v) is 23.9. The standard InChI is InChI=1S/C28H31Cl2N3O4S/c1-4-17-31-28(35)21(3)32(18-22-12-9-8-11-20(22)2)26(34)19-33(25-16-10-15-24(29)27(25)30)38(36,37)23-13-6-5-7-14-23/h5-16,21H,4,17-19H2,1-3H3,(H,31,35). The third-order valence-electron chi connectivity index (χ3n) is 6.13. The van der Waals surface area contributed by atoms with Gasteiger partial charge in [0.15, 0.2) is 0 Å². The van der Waals surface area contributed by atoms with Crippen LogP contribution < -0.4 is 9.62 Å². The molecule has 0 bridgehead atoms. The van der Waals surface area contributed by atoms with Crippen LogP contribution in [0.25, 0.3) is 0 Å². The maximum Gasteiger partial charge on any atom is 0.264 e. The van der Waals surface area contributed by atoms with E-state index < -0.39 is 28.5 Å². The highest BCUT2D eigenvalue weighted by Gasteiger charge is 2.33. The van der Waals surface area contributed by atoms with Crippen LogP contribution >= 0.6 is 23.2 Å². The molecule has 0 spiro atoms. The SMILES string of the molecule is CCCNC(=O)C(C)N(Cc1ccccc1C)C(=O)CN(c1cccc(Cl)c1Cl)S(=O)(=O)c1ccccc1. The third kappa shape index (κ3) is 6.87. The van der Waals surface area contributed by atoms with E-state index in [1.807, 2.05) is 38.1 Å². The molecule has 0 heterocycles. The monoisotopic (exact) mass is 575 g/mol. The van der Waals surface area contributed by atoms with Crippen LogP contribution in [-0.4, -0.2) is 44.3 Å². The van der Waals surface area contributed by atoms with Crippen LogP contribution in [0.2, 0.25) is 10.0 Å². The second-order valence-corrected chi connectivity index (χ2v) is 11.5. The summed E-state index contributed by atoms with van der Waals surface area (Å²) < 4.78 is 28.5. The summed E-state index contributed by atoms with van der Waals surface area (Å²) in [7, 11) is -4.22. The van der Waals surface area contributed by atoms with Crippen molar-refractivity contribution in [3.8, 4) is 0 Å². The van der Waals surface area contributed by atoms with Gasteiger partial charge in [0.05, 0.1) is 20.6 Å². The quantitative estimate of drug-likeness (QED) is 0.330. The summed E-state index contributed by atoms with van der Waals surface area (Å²) in [5.74, 6) is -0.894. The van der Waals surface area contributed by atoms with Crippen LogP contribution in [0.1, 0.15) is 31.4 Å². The molecule has 3 aromatic carbocycles. The molecule has 0 saturated carbocycles. The Labute approximate surface area is 234 Å². The Morgan fingerprint density at radius 1 is 0.947 bits per heavy atom. The number of anilines is 1. The molecule has 3 rings (SSSR count). The van der Waals surface area contributed by atoms with Crippen LogP contribution in [0.5, 0.6) is 0 Å². The second kappa shape index (κ2) is 13.1. The van der Waals surface area contributed by atoms with Crippen molar-refractivity contribution in [2.75, 3.05) is 17.4 Å². The molecule has 3 aromatic rings. The summed E-state index contributed by atoms with van der Waals surface area (Å²) in [5.41, 5.74) is 1.85. The molecule has 202 valence electrons. The molecule has 0 aromatic heterocycles. The van der Waals surface area contributed by atoms with Gasteiger partial charge in [0.2, 0.25) is 11.8 Å². The molecule has 1 unspecified atom stereocenters. The lowest BCUT2D eigenvalue weighted by molar-refractivity contribution is -0.139. The van der Waals surface area contributed by atoms with E-state index in [9.17, 15) is 18.0 Å². The predicted octanol–water partition coefficient (Wildman–Crippen LogP) is 5.44. The van der Waals surface area contributed by atoms with E-state index in [-0.39, 0.29) is 33.1 Å². The average molecular weight is 577 g/mol. The molecule has 0 fully saturated rings. The Hall–Kier alpha value is -3.07. The van der Waals surface area contributed by atoms with Crippen LogP contribution in [0.3, 0.4) is 0 Å². The lowest BCUT2D eigenvalue weighted by Gasteiger charge is -2.32. The molecule has 0 aliphatic heterocycles. The zero-order valence-electron chi connectivity index (χ0n) is 21.5. The van der Waals surface area contributed by atoms with Crippen molar-refractivity contribution in [3.05, 3.63) is 94.0 Å². The van der Waals surface area contributed by atoms with Crippen molar-refractivity contribution in [2.45, 2.75) is 44.7 Å². The van der Waals surface area contributed by atoms with E-state index in [0.29, 0.717) is 6.54 Å². The van der Waals surface area contributed by atoms with Crippen LogP contribution in [0.4, 0.5) is 5.69 Å². The van der Waals surface area contributed by atoms with Crippen LogP contribution in [-0.2, 0) is 26.2 Å². The Morgan fingerprint density at radius 3 is 2.26 bits per heavy atom. The Balaban J connectivity index is 2.06. The summed E-state index contributed by atoms with van der Waals surface area (Å²) in [6, 6.07) is 19.0. The first-order valence-electron chi connectivity index (χ1n) is 12.2. The lowest BCUT2D eigenvalue weighted by Crippen LogP contribution is -2.51. The number of nitrogens with one attached hydrogen (secondary N) is 1. The van der Waals surface area contributed by atoms with Crippen molar-refractivity contribution in [3.63, 3.8) is 0 Å². The van der Waals surface area contributed by atoms with Gasteiger partial charge >= 0.3 is 0 Å². The number of sulfonamides is 1. The number of amides is 2. The van der Waals surface area contributed by atoms with Crippen LogP contribution in [0, 0.1) is 6.92 Å². The molecule has 1 N–H and O–H groups in total. The van der Waals surface area contributed by atoms with Crippen molar-refractivity contribution in [1.29, 1.82) is 0 Å². The minimum absolute atomic E-state index is 0.000615. The number of aryl methyl sites for hydroxylation is 1. The summed E-state index contributed by atoms with van der Waals surface area (Å²) in [4.78, 5) is 28.2. The zero-order chi connectivity index (χ0) is 27.9. The average Bonchev–Trinajstić information content (AvgIpc) is 2.91. The Bertz CT molecular complexity index is 1380. The van der Waals surface area contributed by atoms with Gasteiger partial charge in [-0.1, -0.05) is 78.7 Å². The van der Waals surface area contributed by atoms with E-state index in [0.717, 1.165) is 21.9 Å². The summed E-state index contributed by atoms with van der Waals surface area (Å²) in [6.45, 7) is 5.47. The van der Waals surface area contributed by atoms with Gasteiger partial charge < -0.3 is 10.2 Å². The van der Waals surface area contributed by atoms with Gasteiger partial charge in [0.1, 0.15) is 12.6 Å². The summed E-state index contributed by atoms with van der Waals surface area (Å²) >= 11 is 12.7. The molecule has 7 nitrogen and oxygen atoms in total. The van der Waals surface area contributed by atoms with Gasteiger partial charge in [-0.3, -0.25) is 13.9 Å². The first kappa shape index (κ1) is 29.5. The normalized spacial score (nSPS) is 12.0. The fraction of sp³-hybridized carbons (Fsp3) is 0.286. The maximum absolute atomic E-state index is 13.9. The molecular formula is C28H31Cl2N3O4S. The highest BCUT2D eigenvalue weighted by molar-refractivity contribution is 7.92. The minimum atomic E-state index is -4.22. The van der Waals surface area contributed by atoms with Gasteiger partial charge in [-0.25, -0.2) is 8.42 Å². The maximum atomic E-state index is 13.9. The van der Waals surface area contributed by atoms with Crippen molar-refractivity contribution in [2.24, 2.45) is 0 Å². The number of carbonyl (C=O) groups excluding carboxylic acids is 2. The molecule has 10 heteroatoms. The number of nitrogens with zero attached hydrogens (tertiary/aromatic N) is 2. The molecule has 38 heavy (non-hydrogen) atoms. The van der Waals surface area contributed by atoms with E-state index >= 15 is 0 Å². The van der Waals surface area contributed by atoms with Gasteiger partial charge in [0.25, 0.3) is 10.0 Å². The fourth-order valence-corrected chi connectivity index (χ4v) is 5.76. The molecular weight excluding hydrogens is 545 g/mol. The van der Waals surface area contributed by atoms with E-state index in [1.54, 1.807) is 31.2 Å². The first-order chi connectivity index (χ1) is 18.1. The highest BCUT2D eigenvalue weighted by Crippen LogP contribution is 2.35. The number of benzene rings is 3. The van der Waals surface area contributed by atoms with Crippen molar-refractivity contribution >= 4 is 50.7 Å². The topological polar surface area (TPSA) is 86.8 Å². The summed E-state index contributed by atoms with van der Waals surface area (Å²) in [6.07, 6.45) is 0.737. The van der Waals surface area contributed by atoms with E-state index in [4.69, 9.17) is 23.2 Å². The Kier molecular flexibility index (Phi) is 10.2. The Morgan fingerprint density at radius 2 is 1.61 bits per heavy atom. The van der Waals surface area contributed by atoms with Crippen LogP contribution in [0.15, 0.2) is 77.7 Å². The second-order valence-electron chi connectivity index (χ2n) is 8.81. The molecule has 2 amide bonds. The number of hydrogen-bond acceptors (Lipinski definition) is 4.